The van der Waals surface area contributed by atoms with Gasteiger partial charge in [0.1, 0.15) is 6.10 Å². The Hall–Kier alpha value is -4.64. The summed E-state index contributed by atoms with van der Waals surface area (Å²) in [6.07, 6.45) is -7.24. The number of phenolic OH excluding ortho intramolecular Hbond substituents is 1. The van der Waals surface area contributed by atoms with Crippen LogP contribution in [0.25, 0.3) is 32.7 Å². The number of hydrogen-bond acceptors (Lipinski definition) is 16. The van der Waals surface area contributed by atoms with Gasteiger partial charge in [0.15, 0.2) is 34.9 Å². The van der Waals surface area contributed by atoms with E-state index in [0.29, 0.717) is 0 Å². The smallest absolute Gasteiger partial charge is 0.344 e. The van der Waals surface area contributed by atoms with Crippen molar-refractivity contribution in [2.75, 3.05) is 14.2 Å². The Bertz CT molecular complexity index is 1790. The standard InChI is InChI=1S/C26H24O16/c1-8-17(29)22(41-39-9(2)27)23(42-40-10(3)28)26(35-8)38-19-14(34-5)7-12-16-15-11(25(32)37-21(16)19)6-13(33-4)18(30)20(15)36-24(12)31/h6-8,17,22-23,26,29-30H,1-5H3/t8-,17-,22+,23+,26-/m0/s1. The normalized spacial score (nSPS) is 22.4. The second-order valence-corrected chi connectivity index (χ2v) is 9.21. The minimum atomic E-state index is -1.61. The molecule has 0 spiro atoms. The lowest BCUT2D eigenvalue weighted by Crippen LogP contribution is -2.60. The summed E-state index contributed by atoms with van der Waals surface area (Å²) in [5.74, 6) is -2.85. The van der Waals surface area contributed by atoms with Crippen LogP contribution in [0.4, 0.5) is 0 Å². The summed E-state index contributed by atoms with van der Waals surface area (Å²) in [5, 5.41) is 21.3. The van der Waals surface area contributed by atoms with Crippen molar-refractivity contribution < 1.29 is 67.1 Å². The number of ether oxygens (including phenoxy) is 4. The molecule has 1 saturated heterocycles. The van der Waals surface area contributed by atoms with Crippen molar-refractivity contribution in [2.45, 2.75) is 51.5 Å². The maximum absolute atomic E-state index is 13.2. The Labute approximate surface area is 233 Å². The molecule has 1 aliphatic rings. The van der Waals surface area contributed by atoms with Crippen molar-refractivity contribution in [1.82, 2.24) is 0 Å². The summed E-state index contributed by atoms with van der Waals surface area (Å²) in [7, 11) is 2.49. The quantitative estimate of drug-likeness (QED) is 0.128. The number of aliphatic hydroxyl groups excluding tert-OH is 1. The maximum atomic E-state index is 13.2. The molecular formula is C26H24O16. The van der Waals surface area contributed by atoms with Crippen molar-refractivity contribution >= 4 is 44.6 Å². The highest BCUT2D eigenvalue weighted by molar-refractivity contribution is 6.22. The highest BCUT2D eigenvalue weighted by atomic mass is 17.2. The molecule has 224 valence electrons. The van der Waals surface area contributed by atoms with E-state index in [0.717, 1.165) is 13.8 Å². The number of methoxy groups -OCH3 is 2. The van der Waals surface area contributed by atoms with Gasteiger partial charge in [-0.1, -0.05) is 0 Å². The first kappa shape index (κ1) is 28.9. The number of carbonyl (C=O) groups excluding carboxylic acids is 2. The molecule has 0 saturated carbocycles. The third kappa shape index (κ3) is 4.79. The number of aromatic hydroxyl groups is 1. The molecular weight excluding hydrogens is 568 g/mol. The molecule has 3 heterocycles. The van der Waals surface area contributed by atoms with Crippen LogP contribution < -0.4 is 25.5 Å². The molecule has 42 heavy (non-hydrogen) atoms. The first-order chi connectivity index (χ1) is 20.0. The average molecular weight is 592 g/mol. The van der Waals surface area contributed by atoms with Gasteiger partial charge in [0.2, 0.25) is 17.8 Å². The zero-order valence-corrected chi connectivity index (χ0v) is 22.7. The summed E-state index contributed by atoms with van der Waals surface area (Å²) in [6, 6.07) is 2.47. The fraction of sp³-hybridized carbons (Fsp3) is 0.385. The first-order valence-electron chi connectivity index (χ1n) is 12.3. The topological polar surface area (TPSA) is 209 Å². The Kier molecular flexibility index (Phi) is 7.55. The van der Waals surface area contributed by atoms with E-state index in [1.807, 2.05) is 0 Å². The molecule has 2 N–H and O–H groups in total. The van der Waals surface area contributed by atoms with E-state index in [9.17, 15) is 29.4 Å². The van der Waals surface area contributed by atoms with Gasteiger partial charge in [0.05, 0.1) is 31.1 Å². The summed E-state index contributed by atoms with van der Waals surface area (Å²) in [6.45, 7) is 3.53. The molecule has 16 heteroatoms. The van der Waals surface area contributed by atoms with E-state index in [4.69, 9.17) is 37.6 Å². The predicted molar refractivity (Wildman–Crippen MR) is 136 cm³/mol. The summed E-state index contributed by atoms with van der Waals surface area (Å²) < 4.78 is 33.3. The second kappa shape index (κ2) is 11.0. The Morgan fingerprint density at radius 3 is 1.93 bits per heavy atom. The Balaban J connectivity index is 1.72. The van der Waals surface area contributed by atoms with Crippen molar-refractivity contribution in [1.29, 1.82) is 0 Å². The summed E-state index contributed by atoms with van der Waals surface area (Å²) in [4.78, 5) is 68.6. The van der Waals surface area contributed by atoms with Crippen LogP contribution in [0.5, 0.6) is 23.0 Å². The van der Waals surface area contributed by atoms with Crippen molar-refractivity contribution in [3.63, 3.8) is 0 Å². The van der Waals surface area contributed by atoms with Gasteiger partial charge in [-0.25, -0.2) is 19.2 Å². The average Bonchev–Trinajstić information content (AvgIpc) is 2.94. The number of phenols is 1. The minimum Gasteiger partial charge on any atom is -0.502 e. The van der Waals surface area contributed by atoms with Crippen LogP contribution in [-0.4, -0.2) is 67.1 Å². The molecule has 0 unspecified atom stereocenters. The lowest BCUT2D eigenvalue weighted by Gasteiger charge is -2.40. The van der Waals surface area contributed by atoms with Crippen LogP contribution in [0.15, 0.2) is 30.6 Å². The van der Waals surface area contributed by atoms with Crippen molar-refractivity contribution in [3.8, 4) is 23.0 Å². The largest absolute Gasteiger partial charge is 0.502 e. The van der Waals surface area contributed by atoms with Crippen LogP contribution in [-0.2, 0) is 33.9 Å². The van der Waals surface area contributed by atoms with Crippen LogP contribution in [0.3, 0.4) is 0 Å². The van der Waals surface area contributed by atoms with Crippen LogP contribution in [0.2, 0.25) is 0 Å². The van der Waals surface area contributed by atoms with Gasteiger partial charge in [0, 0.05) is 24.6 Å². The molecule has 0 radical (unpaired) electrons. The van der Waals surface area contributed by atoms with E-state index >= 15 is 0 Å². The number of carbonyl (C=O) groups is 2. The van der Waals surface area contributed by atoms with Crippen LogP contribution in [0.1, 0.15) is 20.8 Å². The highest BCUT2D eigenvalue weighted by Crippen LogP contribution is 2.46. The number of rotatable bonds is 8. The zero-order valence-electron chi connectivity index (χ0n) is 22.7. The maximum Gasteiger partial charge on any atom is 0.344 e. The molecule has 1 aliphatic heterocycles. The third-order valence-corrected chi connectivity index (χ3v) is 6.49. The molecule has 1 fully saturated rings. The lowest BCUT2D eigenvalue weighted by atomic mass is 9.99. The van der Waals surface area contributed by atoms with E-state index in [1.165, 1.54) is 33.3 Å². The number of aliphatic hydroxyl groups is 1. The van der Waals surface area contributed by atoms with Crippen LogP contribution >= 0.6 is 0 Å². The monoisotopic (exact) mass is 592 g/mol. The summed E-state index contributed by atoms with van der Waals surface area (Å²) in [5.41, 5.74) is -2.48. The predicted octanol–water partition coefficient (Wildman–Crippen LogP) is 1.42. The Morgan fingerprint density at radius 1 is 0.833 bits per heavy atom. The van der Waals surface area contributed by atoms with E-state index < -0.39 is 59.6 Å². The molecule has 2 aromatic carbocycles. The van der Waals surface area contributed by atoms with Gasteiger partial charge < -0.3 is 38.0 Å². The molecule has 5 rings (SSSR count). The fourth-order valence-corrected chi connectivity index (χ4v) is 4.63. The highest BCUT2D eigenvalue weighted by Gasteiger charge is 2.50. The van der Waals surface area contributed by atoms with E-state index in [-0.39, 0.29) is 50.0 Å². The fourth-order valence-electron chi connectivity index (χ4n) is 4.63. The van der Waals surface area contributed by atoms with Gasteiger partial charge in [-0.2, -0.15) is 9.78 Å². The molecule has 4 aromatic rings. The zero-order chi connectivity index (χ0) is 30.5. The molecule has 2 aromatic heterocycles. The number of hydrogen-bond donors (Lipinski definition) is 2. The van der Waals surface area contributed by atoms with Crippen molar-refractivity contribution in [2.24, 2.45) is 0 Å². The Morgan fingerprint density at radius 2 is 1.36 bits per heavy atom. The van der Waals surface area contributed by atoms with Gasteiger partial charge in [-0.05, 0) is 19.1 Å². The minimum absolute atomic E-state index is 0.0265. The lowest BCUT2D eigenvalue weighted by molar-refractivity contribution is -0.418. The first-order valence-corrected chi connectivity index (χ1v) is 12.3. The van der Waals surface area contributed by atoms with Gasteiger partial charge in [-0.15, -0.1) is 0 Å². The van der Waals surface area contributed by atoms with E-state index in [1.54, 1.807) is 0 Å². The van der Waals surface area contributed by atoms with Crippen LogP contribution in [0, 0.1) is 0 Å². The van der Waals surface area contributed by atoms with Crippen molar-refractivity contribution in [3.05, 3.63) is 33.0 Å². The molecule has 16 nitrogen and oxygen atoms in total. The third-order valence-electron chi connectivity index (χ3n) is 6.49. The van der Waals surface area contributed by atoms with Gasteiger partial charge in [0.25, 0.3) is 0 Å². The molecule has 0 bridgehead atoms. The number of benzene rings is 2. The second-order valence-electron chi connectivity index (χ2n) is 9.21. The molecule has 5 atom stereocenters. The van der Waals surface area contributed by atoms with Gasteiger partial charge >= 0.3 is 23.2 Å². The SMILES string of the molecule is COc1cc2c(=O)oc3c(O[C@@H]4O[C@@H](C)[C@H](O)[C@@H](OOC(C)=O)[C@H]4OOC(C)=O)c(OC)cc4c(=O)oc(c1O)c2c34. The van der Waals surface area contributed by atoms with Gasteiger partial charge in [-0.3, -0.25) is 9.78 Å². The summed E-state index contributed by atoms with van der Waals surface area (Å²) >= 11 is 0. The molecule has 0 amide bonds. The van der Waals surface area contributed by atoms with E-state index in [2.05, 4.69) is 9.78 Å². The molecule has 0 aliphatic carbocycles.